The van der Waals surface area contributed by atoms with Crippen LogP contribution in [0.5, 0.6) is 0 Å². The molecule has 0 aromatic rings. The van der Waals surface area contributed by atoms with Gasteiger partial charge in [-0.25, -0.2) is 0 Å². The molecule has 1 aliphatic heterocycles. The minimum Gasteiger partial charge on any atom is -0.389 e. The summed E-state index contributed by atoms with van der Waals surface area (Å²) in [6.07, 6.45) is 3.48. The summed E-state index contributed by atoms with van der Waals surface area (Å²) >= 11 is 0. The molecule has 1 fully saturated rings. The number of rotatable bonds is 4. The highest BCUT2D eigenvalue weighted by molar-refractivity contribution is 4.79. The number of methoxy groups -OCH3 is 1. The summed E-state index contributed by atoms with van der Waals surface area (Å²) in [7, 11) is 1.64. The Morgan fingerprint density at radius 3 is 2.59 bits per heavy atom. The Balaban J connectivity index is 2.37. The van der Waals surface area contributed by atoms with Gasteiger partial charge in [-0.2, -0.15) is 0 Å². The molecule has 2 atom stereocenters. The molecule has 0 bridgehead atoms. The molecule has 3 heteroatoms. The Labute approximate surface area is 106 Å². The molecular weight excluding hydrogens is 214 g/mol. The van der Waals surface area contributed by atoms with Gasteiger partial charge in [-0.3, -0.25) is 0 Å². The van der Waals surface area contributed by atoms with Crippen LogP contribution >= 0.6 is 0 Å². The summed E-state index contributed by atoms with van der Waals surface area (Å²) in [5.41, 5.74) is 0.418. The second-order valence-electron chi connectivity index (χ2n) is 6.40. The number of likely N-dealkylation sites (tertiary alicyclic amines) is 1. The van der Waals surface area contributed by atoms with E-state index >= 15 is 0 Å². The van der Waals surface area contributed by atoms with E-state index < -0.39 is 0 Å². The molecule has 0 aromatic carbocycles. The molecule has 1 saturated heterocycles. The van der Waals surface area contributed by atoms with Gasteiger partial charge in [-0.15, -0.1) is 0 Å². The number of ether oxygens (including phenoxy) is 1. The molecule has 0 amide bonds. The van der Waals surface area contributed by atoms with Gasteiger partial charge < -0.3 is 14.7 Å². The van der Waals surface area contributed by atoms with E-state index in [1.165, 1.54) is 19.3 Å². The molecule has 3 nitrogen and oxygen atoms in total. The predicted octanol–water partition coefficient (Wildman–Crippen LogP) is 2.14. The van der Waals surface area contributed by atoms with E-state index in [0.29, 0.717) is 12.0 Å². The lowest BCUT2D eigenvalue weighted by molar-refractivity contribution is 0.0379. The maximum absolute atomic E-state index is 9.75. The first kappa shape index (κ1) is 14.9. The van der Waals surface area contributed by atoms with Crippen molar-refractivity contribution < 1.29 is 9.84 Å². The van der Waals surface area contributed by atoms with Gasteiger partial charge in [-0.1, -0.05) is 20.8 Å². The van der Waals surface area contributed by atoms with Crippen LogP contribution in [0.2, 0.25) is 0 Å². The number of hydrogen-bond donors (Lipinski definition) is 1. The van der Waals surface area contributed by atoms with Crippen molar-refractivity contribution in [3.8, 4) is 0 Å². The minimum absolute atomic E-state index is 0.341. The van der Waals surface area contributed by atoms with Crippen LogP contribution in [0.25, 0.3) is 0 Å². The average molecular weight is 243 g/mol. The molecule has 0 spiro atoms. The Morgan fingerprint density at radius 1 is 1.29 bits per heavy atom. The van der Waals surface area contributed by atoms with Crippen LogP contribution in [0.3, 0.4) is 0 Å². The van der Waals surface area contributed by atoms with E-state index in [4.69, 9.17) is 4.74 Å². The molecule has 0 aromatic heterocycles. The van der Waals surface area contributed by atoms with Crippen molar-refractivity contribution in [3.63, 3.8) is 0 Å². The SMILES string of the molecule is COCC(O)CN1CCCC(C(C)(C)C)CC1. The van der Waals surface area contributed by atoms with Crippen LogP contribution in [0, 0.1) is 11.3 Å². The van der Waals surface area contributed by atoms with E-state index in [2.05, 4.69) is 25.7 Å². The Hall–Kier alpha value is -0.120. The quantitative estimate of drug-likeness (QED) is 0.821. The number of aliphatic hydroxyl groups excluding tert-OH is 1. The van der Waals surface area contributed by atoms with Crippen LogP contribution in [0.15, 0.2) is 0 Å². The topological polar surface area (TPSA) is 32.7 Å². The molecule has 1 N–H and O–H groups in total. The standard InChI is InChI=1S/C14H29NO2/c1-14(2,3)12-6-5-8-15(9-7-12)10-13(16)11-17-4/h12-13,16H,5-11H2,1-4H3. The largest absolute Gasteiger partial charge is 0.389 e. The highest BCUT2D eigenvalue weighted by Gasteiger charge is 2.27. The molecular formula is C14H29NO2. The van der Waals surface area contributed by atoms with Crippen molar-refractivity contribution in [2.75, 3.05) is 33.4 Å². The zero-order valence-electron chi connectivity index (χ0n) is 11.9. The van der Waals surface area contributed by atoms with E-state index in [0.717, 1.165) is 25.6 Å². The van der Waals surface area contributed by atoms with Crippen molar-refractivity contribution >= 4 is 0 Å². The lowest BCUT2D eigenvalue weighted by atomic mass is 9.77. The third-order valence-corrected chi connectivity index (χ3v) is 3.87. The van der Waals surface area contributed by atoms with Gasteiger partial charge in [-0.05, 0) is 43.7 Å². The van der Waals surface area contributed by atoms with Crippen LogP contribution in [-0.4, -0.2) is 49.5 Å². The molecule has 1 aliphatic rings. The van der Waals surface area contributed by atoms with Crippen molar-refractivity contribution in [2.24, 2.45) is 11.3 Å². The maximum atomic E-state index is 9.75. The fourth-order valence-electron chi connectivity index (χ4n) is 2.75. The van der Waals surface area contributed by atoms with Gasteiger partial charge >= 0.3 is 0 Å². The van der Waals surface area contributed by atoms with Crippen LogP contribution < -0.4 is 0 Å². The lowest BCUT2D eigenvalue weighted by Gasteiger charge is -2.30. The minimum atomic E-state index is -0.341. The normalized spacial score (nSPS) is 25.6. The molecule has 1 rings (SSSR count). The predicted molar refractivity (Wildman–Crippen MR) is 71.1 cm³/mol. The molecule has 0 saturated carbocycles. The second kappa shape index (κ2) is 6.72. The molecule has 1 heterocycles. The Bertz CT molecular complexity index is 213. The van der Waals surface area contributed by atoms with Crippen molar-refractivity contribution in [1.82, 2.24) is 4.90 Å². The smallest absolute Gasteiger partial charge is 0.0900 e. The summed E-state index contributed by atoms with van der Waals surface area (Å²) in [5.74, 6) is 0.812. The number of nitrogens with zero attached hydrogens (tertiary/aromatic N) is 1. The zero-order chi connectivity index (χ0) is 12.9. The maximum Gasteiger partial charge on any atom is 0.0900 e. The Kier molecular flexibility index (Phi) is 5.90. The fourth-order valence-corrected chi connectivity index (χ4v) is 2.75. The van der Waals surface area contributed by atoms with Crippen LogP contribution in [0.4, 0.5) is 0 Å². The molecule has 2 unspecified atom stereocenters. The second-order valence-corrected chi connectivity index (χ2v) is 6.40. The van der Waals surface area contributed by atoms with Crippen molar-refractivity contribution in [3.05, 3.63) is 0 Å². The van der Waals surface area contributed by atoms with Gasteiger partial charge in [0.25, 0.3) is 0 Å². The summed E-state index contributed by atoms with van der Waals surface area (Å²) in [4.78, 5) is 2.38. The molecule has 0 aliphatic carbocycles. The van der Waals surface area contributed by atoms with Crippen molar-refractivity contribution in [2.45, 2.75) is 46.1 Å². The summed E-state index contributed by atoms with van der Waals surface area (Å²) in [6, 6.07) is 0. The number of hydrogen-bond acceptors (Lipinski definition) is 3. The molecule has 0 radical (unpaired) electrons. The summed E-state index contributed by atoms with van der Waals surface area (Å²) in [5, 5.41) is 9.75. The van der Waals surface area contributed by atoms with Gasteiger partial charge in [0.1, 0.15) is 0 Å². The first-order valence-corrected chi connectivity index (χ1v) is 6.83. The van der Waals surface area contributed by atoms with Gasteiger partial charge in [0, 0.05) is 13.7 Å². The van der Waals surface area contributed by atoms with Crippen LogP contribution in [0.1, 0.15) is 40.0 Å². The Morgan fingerprint density at radius 2 is 2.00 bits per heavy atom. The first-order valence-electron chi connectivity index (χ1n) is 6.83. The van der Waals surface area contributed by atoms with Crippen LogP contribution in [-0.2, 0) is 4.74 Å². The highest BCUT2D eigenvalue weighted by atomic mass is 16.5. The third-order valence-electron chi connectivity index (χ3n) is 3.87. The summed E-state index contributed by atoms with van der Waals surface area (Å²) < 4.78 is 4.98. The molecule has 102 valence electrons. The monoisotopic (exact) mass is 243 g/mol. The number of β-amino-alcohol motifs (C(OH)–C–C–N with tert-alkyl or cyclic N) is 1. The van der Waals surface area contributed by atoms with Gasteiger partial charge in [0.05, 0.1) is 12.7 Å². The zero-order valence-corrected chi connectivity index (χ0v) is 11.9. The van der Waals surface area contributed by atoms with Gasteiger partial charge in [0.2, 0.25) is 0 Å². The fraction of sp³-hybridized carbons (Fsp3) is 1.00. The van der Waals surface area contributed by atoms with Gasteiger partial charge in [0.15, 0.2) is 0 Å². The average Bonchev–Trinajstić information content (AvgIpc) is 2.42. The van der Waals surface area contributed by atoms with Crippen molar-refractivity contribution in [1.29, 1.82) is 0 Å². The highest BCUT2D eigenvalue weighted by Crippen LogP contribution is 2.34. The molecule has 17 heavy (non-hydrogen) atoms. The first-order chi connectivity index (χ1) is 7.93. The van der Waals surface area contributed by atoms with E-state index in [1.54, 1.807) is 7.11 Å². The van der Waals surface area contributed by atoms with E-state index in [-0.39, 0.29) is 6.10 Å². The van der Waals surface area contributed by atoms with E-state index in [9.17, 15) is 5.11 Å². The number of aliphatic hydroxyl groups is 1. The summed E-state index contributed by atoms with van der Waals surface area (Å²) in [6.45, 7) is 10.5. The third kappa shape index (κ3) is 5.36. The van der Waals surface area contributed by atoms with E-state index in [1.807, 2.05) is 0 Å². The lowest BCUT2D eigenvalue weighted by Crippen LogP contribution is -2.35.